The zero-order valence-corrected chi connectivity index (χ0v) is 16.1. The first-order valence-corrected chi connectivity index (χ1v) is 9.04. The number of alkyl halides is 3. The van der Waals surface area contributed by atoms with Gasteiger partial charge in [-0.15, -0.1) is 10.2 Å². The summed E-state index contributed by atoms with van der Waals surface area (Å²) in [6.45, 7) is 0. The van der Waals surface area contributed by atoms with Crippen molar-refractivity contribution >= 4 is 23.3 Å². The molecule has 0 unspecified atom stereocenters. The van der Waals surface area contributed by atoms with E-state index in [9.17, 15) is 18.0 Å². The topological polar surface area (TPSA) is 98.5 Å². The highest BCUT2D eigenvalue weighted by atomic mass is 35.5. The van der Waals surface area contributed by atoms with Crippen LogP contribution in [0.2, 0.25) is 5.15 Å². The Kier molecular flexibility index (Phi) is 5.34. The Labute approximate surface area is 177 Å². The monoisotopic (exact) mass is 445 g/mol. The maximum Gasteiger partial charge on any atom is 0.433 e. The highest BCUT2D eigenvalue weighted by Crippen LogP contribution is 2.33. The lowest BCUT2D eigenvalue weighted by Crippen LogP contribution is -2.16. The molecular formula is C19H11ClF3N7O. The fourth-order valence-corrected chi connectivity index (χ4v) is 2.82. The average molecular weight is 446 g/mol. The molecule has 0 aliphatic carbocycles. The molecule has 156 valence electrons. The van der Waals surface area contributed by atoms with Gasteiger partial charge in [-0.2, -0.15) is 18.3 Å². The number of hydrogen-bond donors (Lipinski definition) is 1. The van der Waals surface area contributed by atoms with Crippen molar-refractivity contribution in [1.82, 2.24) is 29.9 Å². The number of halogens is 4. The van der Waals surface area contributed by atoms with E-state index >= 15 is 0 Å². The molecule has 0 saturated heterocycles. The van der Waals surface area contributed by atoms with Gasteiger partial charge < -0.3 is 5.32 Å². The molecule has 0 saturated carbocycles. The number of amides is 1. The van der Waals surface area contributed by atoms with Crippen LogP contribution in [0.5, 0.6) is 0 Å². The van der Waals surface area contributed by atoms with Crippen LogP contribution >= 0.6 is 11.6 Å². The van der Waals surface area contributed by atoms with Crippen LogP contribution in [0.3, 0.4) is 0 Å². The molecule has 0 aliphatic rings. The quantitative estimate of drug-likeness (QED) is 0.476. The van der Waals surface area contributed by atoms with Gasteiger partial charge in [-0.05, 0) is 42.5 Å². The van der Waals surface area contributed by atoms with E-state index in [1.54, 1.807) is 12.1 Å². The summed E-state index contributed by atoms with van der Waals surface area (Å²) in [5.74, 6) is -0.664. The van der Waals surface area contributed by atoms with Crippen LogP contribution in [-0.2, 0) is 6.18 Å². The van der Waals surface area contributed by atoms with Gasteiger partial charge in [0.1, 0.15) is 5.15 Å². The third-order valence-electron chi connectivity index (χ3n) is 4.05. The van der Waals surface area contributed by atoms with Gasteiger partial charge in [-0.1, -0.05) is 11.6 Å². The Morgan fingerprint density at radius 3 is 2.55 bits per heavy atom. The van der Waals surface area contributed by atoms with Gasteiger partial charge in [0.2, 0.25) is 0 Å². The van der Waals surface area contributed by atoms with E-state index in [4.69, 9.17) is 11.6 Å². The van der Waals surface area contributed by atoms with Crippen molar-refractivity contribution in [3.05, 3.63) is 77.5 Å². The standard InChI is InChI=1S/C19H11ClF3N7O/c20-15-8-11(5-7-25-15)18(31)26-16-3-4-17(28-27-16)30-14(19(21,22)23)9-13(29-30)12-2-1-6-24-10-12/h1-10H,(H,26,27,31). The van der Waals surface area contributed by atoms with Crippen molar-refractivity contribution in [2.24, 2.45) is 0 Å². The minimum absolute atomic E-state index is 0.0369. The van der Waals surface area contributed by atoms with Gasteiger partial charge in [-0.25, -0.2) is 9.67 Å². The first-order valence-electron chi connectivity index (χ1n) is 8.66. The Balaban J connectivity index is 1.63. The number of nitrogens with one attached hydrogen (secondary N) is 1. The number of pyridine rings is 2. The van der Waals surface area contributed by atoms with E-state index in [2.05, 4.69) is 30.6 Å². The van der Waals surface area contributed by atoms with Crippen LogP contribution in [0.25, 0.3) is 17.1 Å². The van der Waals surface area contributed by atoms with Gasteiger partial charge in [-0.3, -0.25) is 9.78 Å². The molecule has 8 nitrogen and oxygen atoms in total. The molecule has 0 radical (unpaired) electrons. The molecule has 0 fully saturated rings. The normalized spacial score (nSPS) is 11.4. The van der Waals surface area contributed by atoms with E-state index in [1.807, 2.05) is 0 Å². The Morgan fingerprint density at radius 1 is 1.06 bits per heavy atom. The Bertz CT molecular complexity index is 1230. The van der Waals surface area contributed by atoms with E-state index in [-0.39, 0.29) is 28.0 Å². The van der Waals surface area contributed by atoms with Crippen LogP contribution in [-0.4, -0.2) is 35.9 Å². The third kappa shape index (κ3) is 4.51. The second-order valence-corrected chi connectivity index (χ2v) is 6.55. The number of aromatic nitrogens is 6. The van der Waals surface area contributed by atoms with Crippen molar-refractivity contribution in [2.45, 2.75) is 6.18 Å². The van der Waals surface area contributed by atoms with Gasteiger partial charge in [0.05, 0.1) is 5.69 Å². The smallest absolute Gasteiger partial charge is 0.305 e. The zero-order valence-electron chi connectivity index (χ0n) is 15.4. The molecule has 1 amide bonds. The summed E-state index contributed by atoms with van der Waals surface area (Å²) in [5.41, 5.74) is -0.295. The van der Waals surface area contributed by atoms with Crippen LogP contribution in [0.1, 0.15) is 16.1 Å². The first kappa shape index (κ1) is 20.4. The fourth-order valence-electron chi connectivity index (χ4n) is 2.65. The average Bonchev–Trinajstić information content (AvgIpc) is 3.21. The summed E-state index contributed by atoms with van der Waals surface area (Å²) in [5, 5.41) is 14.2. The van der Waals surface area contributed by atoms with Gasteiger partial charge in [0.15, 0.2) is 17.3 Å². The lowest BCUT2D eigenvalue weighted by atomic mass is 10.2. The van der Waals surface area contributed by atoms with E-state index in [0.29, 0.717) is 10.2 Å². The molecule has 4 aromatic rings. The molecule has 12 heteroatoms. The van der Waals surface area contributed by atoms with Crippen LogP contribution in [0.15, 0.2) is 61.1 Å². The lowest BCUT2D eigenvalue weighted by Gasteiger charge is -2.09. The van der Waals surface area contributed by atoms with Crippen LogP contribution < -0.4 is 5.32 Å². The predicted molar refractivity (Wildman–Crippen MR) is 105 cm³/mol. The maximum atomic E-state index is 13.5. The molecule has 0 aromatic carbocycles. The molecule has 0 atom stereocenters. The summed E-state index contributed by atoms with van der Waals surface area (Å²) in [4.78, 5) is 19.9. The number of carbonyl (C=O) groups excluding carboxylic acids is 1. The molecule has 4 aromatic heterocycles. The van der Waals surface area contributed by atoms with Crippen LogP contribution in [0.4, 0.5) is 19.0 Å². The fraction of sp³-hybridized carbons (Fsp3) is 0.0526. The lowest BCUT2D eigenvalue weighted by molar-refractivity contribution is -0.142. The molecule has 0 bridgehead atoms. The van der Waals surface area contributed by atoms with Crippen LogP contribution in [0, 0.1) is 0 Å². The number of rotatable bonds is 4. The van der Waals surface area contributed by atoms with Crippen molar-refractivity contribution in [1.29, 1.82) is 0 Å². The third-order valence-corrected chi connectivity index (χ3v) is 4.26. The maximum absolute atomic E-state index is 13.5. The van der Waals surface area contributed by atoms with Crippen molar-refractivity contribution in [3.63, 3.8) is 0 Å². The van der Waals surface area contributed by atoms with E-state index < -0.39 is 17.8 Å². The SMILES string of the molecule is O=C(Nc1ccc(-n2nc(-c3cccnc3)cc2C(F)(F)F)nn1)c1ccnc(Cl)c1. The minimum Gasteiger partial charge on any atom is -0.305 e. The predicted octanol–water partition coefficient (Wildman–Crippen LogP) is 4.04. The summed E-state index contributed by atoms with van der Waals surface area (Å²) < 4.78 is 41.3. The largest absolute Gasteiger partial charge is 0.433 e. The zero-order chi connectivity index (χ0) is 22.0. The van der Waals surface area contributed by atoms with Crippen molar-refractivity contribution in [3.8, 4) is 17.1 Å². The molecule has 0 aliphatic heterocycles. The van der Waals surface area contributed by atoms with Gasteiger partial charge in [0.25, 0.3) is 5.91 Å². The second-order valence-electron chi connectivity index (χ2n) is 6.16. The molecule has 0 spiro atoms. The van der Waals surface area contributed by atoms with Crippen molar-refractivity contribution in [2.75, 3.05) is 5.32 Å². The first-order chi connectivity index (χ1) is 14.8. The molecule has 31 heavy (non-hydrogen) atoms. The summed E-state index contributed by atoms with van der Waals surface area (Å²) in [6.07, 6.45) is -0.406. The summed E-state index contributed by atoms with van der Waals surface area (Å²) in [7, 11) is 0. The highest BCUT2D eigenvalue weighted by molar-refractivity contribution is 6.29. The van der Waals surface area contributed by atoms with Crippen molar-refractivity contribution < 1.29 is 18.0 Å². The molecule has 4 rings (SSSR count). The second kappa shape index (κ2) is 8.11. The number of nitrogens with zero attached hydrogens (tertiary/aromatic N) is 6. The highest BCUT2D eigenvalue weighted by Gasteiger charge is 2.37. The summed E-state index contributed by atoms with van der Waals surface area (Å²) in [6, 6.07) is 9.47. The molecule has 1 N–H and O–H groups in total. The van der Waals surface area contributed by atoms with E-state index in [1.165, 1.54) is 42.9 Å². The Morgan fingerprint density at radius 2 is 1.90 bits per heavy atom. The number of carbonyl (C=O) groups is 1. The summed E-state index contributed by atoms with van der Waals surface area (Å²) >= 11 is 5.75. The molecule has 4 heterocycles. The van der Waals surface area contributed by atoms with Gasteiger partial charge >= 0.3 is 6.18 Å². The van der Waals surface area contributed by atoms with E-state index in [0.717, 1.165) is 6.07 Å². The number of anilines is 1. The molecular weight excluding hydrogens is 435 g/mol. The number of hydrogen-bond acceptors (Lipinski definition) is 6. The van der Waals surface area contributed by atoms with Gasteiger partial charge in [0, 0.05) is 29.7 Å². The Hall–Kier alpha value is -3.86. The minimum atomic E-state index is -4.68.